The van der Waals surface area contributed by atoms with Crippen LogP contribution in [0.3, 0.4) is 0 Å². The van der Waals surface area contributed by atoms with Crippen LogP contribution in [0.15, 0.2) is 0 Å². The normalized spacial score (nSPS) is 11.5. The molecule has 0 aromatic rings. The SMILES string of the molecule is CCCCCCCCCCC(C)(CCCCCCCCCC)CC(C(=O)O)C(=O)O.[CaH2]. The number of carbonyl (C=O) groups is 2. The number of rotatable bonds is 22. The fraction of sp³-hybridized carbons (Fsp3) is 0.923. The minimum absolute atomic E-state index is 0. The molecule has 0 aliphatic heterocycles. The van der Waals surface area contributed by atoms with Crippen molar-refractivity contribution in [1.29, 1.82) is 0 Å². The fourth-order valence-corrected chi connectivity index (χ4v) is 4.47. The molecular weight excluding hydrogens is 416 g/mol. The molecule has 0 aromatic carbocycles. The standard InChI is InChI=1S/C26H50O4.Ca.2H/c1-4-6-8-10-12-14-16-18-20-26(3,22-23(24(27)28)25(29)30)21-19-17-15-13-11-9-7-5-2;;;/h23H,4-22H2,1-3H3,(H,27,28)(H,29,30);;;. The third kappa shape index (κ3) is 19.4. The van der Waals surface area contributed by atoms with Crippen molar-refractivity contribution in [3.05, 3.63) is 0 Å². The molecule has 0 unspecified atom stereocenters. The summed E-state index contributed by atoms with van der Waals surface area (Å²) < 4.78 is 0. The van der Waals surface area contributed by atoms with Gasteiger partial charge in [-0.15, -0.1) is 0 Å². The first-order valence-corrected chi connectivity index (χ1v) is 12.8. The van der Waals surface area contributed by atoms with Crippen LogP contribution in [0.2, 0.25) is 0 Å². The topological polar surface area (TPSA) is 74.6 Å². The van der Waals surface area contributed by atoms with Gasteiger partial charge in [0.1, 0.15) is 0 Å². The second-order valence-electron chi connectivity index (χ2n) is 9.69. The van der Waals surface area contributed by atoms with E-state index in [1.807, 2.05) is 0 Å². The Morgan fingerprint density at radius 3 is 1.19 bits per heavy atom. The van der Waals surface area contributed by atoms with Crippen LogP contribution in [0.5, 0.6) is 0 Å². The van der Waals surface area contributed by atoms with Gasteiger partial charge in [-0.25, -0.2) is 0 Å². The molecule has 5 heteroatoms. The molecular formula is C26H52CaO4. The van der Waals surface area contributed by atoms with Crippen LogP contribution >= 0.6 is 0 Å². The summed E-state index contributed by atoms with van der Waals surface area (Å²) in [6.45, 7) is 6.58. The van der Waals surface area contributed by atoms with Crippen LogP contribution in [-0.4, -0.2) is 59.9 Å². The Morgan fingerprint density at radius 1 is 0.613 bits per heavy atom. The number of unbranched alkanes of at least 4 members (excludes halogenated alkanes) is 14. The Morgan fingerprint density at radius 2 is 0.903 bits per heavy atom. The second-order valence-corrected chi connectivity index (χ2v) is 9.69. The zero-order valence-electron chi connectivity index (χ0n) is 20.2. The van der Waals surface area contributed by atoms with Crippen LogP contribution < -0.4 is 0 Å². The van der Waals surface area contributed by atoms with E-state index in [9.17, 15) is 19.8 Å². The van der Waals surface area contributed by atoms with Gasteiger partial charge in [-0.1, -0.05) is 124 Å². The Kier molecular flexibility index (Phi) is 23.7. The van der Waals surface area contributed by atoms with E-state index in [4.69, 9.17) is 0 Å². The van der Waals surface area contributed by atoms with Gasteiger partial charge in [-0.3, -0.25) is 9.59 Å². The maximum atomic E-state index is 11.4. The molecule has 0 fully saturated rings. The molecule has 31 heavy (non-hydrogen) atoms. The van der Waals surface area contributed by atoms with Gasteiger partial charge in [0.15, 0.2) is 5.92 Å². The van der Waals surface area contributed by atoms with Gasteiger partial charge in [-0.05, 0) is 24.7 Å². The molecule has 2 N–H and O–H groups in total. The third-order valence-electron chi connectivity index (χ3n) is 6.56. The van der Waals surface area contributed by atoms with Gasteiger partial charge in [0, 0.05) is 0 Å². The van der Waals surface area contributed by atoms with Crippen LogP contribution in [0.1, 0.15) is 143 Å². The molecule has 0 saturated carbocycles. The predicted octanol–water partition coefficient (Wildman–Crippen LogP) is 7.31. The molecule has 0 aliphatic carbocycles. The summed E-state index contributed by atoms with van der Waals surface area (Å²) in [7, 11) is 0. The Labute approximate surface area is 222 Å². The monoisotopic (exact) mass is 468 g/mol. The summed E-state index contributed by atoms with van der Waals surface area (Å²) in [5, 5.41) is 18.7. The Hall–Kier alpha value is 0.200. The molecule has 0 atom stereocenters. The van der Waals surface area contributed by atoms with E-state index >= 15 is 0 Å². The van der Waals surface area contributed by atoms with Gasteiger partial charge in [0.25, 0.3) is 0 Å². The Balaban J connectivity index is 0. The van der Waals surface area contributed by atoms with Crippen molar-refractivity contribution in [2.24, 2.45) is 11.3 Å². The minimum atomic E-state index is -1.28. The summed E-state index contributed by atoms with van der Waals surface area (Å²) in [4.78, 5) is 22.9. The molecule has 0 spiro atoms. The van der Waals surface area contributed by atoms with Gasteiger partial charge < -0.3 is 10.2 Å². The summed E-state index contributed by atoms with van der Waals surface area (Å²) in [5.41, 5.74) is -0.189. The summed E-state index contributed by atoms with van der Waals surface area (Å²) >= 11 is 0. The molecule has 0 radical (unpaired) electrons. The molecule has 0 aliphatic rings. The van der Waals surface area contributed by atoms with E-state index in [1.165, 1.54) is 89.9 Å². The number of aliphatic carboxylic acids is 2. The van der Waals surface area contributed by atoms with Crippen molar-refractivity contribution < 1.29 is 19.8 Å². The van der Waals surface area contributed by atoms with Crippen molar-refractivity contribution in [3.8, 4) is 0 Å². The average Bonchev–Trinajstić information content (AvgIpc) is 2.70. The van der Waals surface area contributed by atoms with Crippen LogP contribution in [0.25, 0.3) is 0 Å². The molecule has 0 amide bonds. The van der Waals surface area contributed by atoms with Crippen LogP contribution in [0.4, 0.5) is 0 Å². The zero-order valence-corrected chi connectivity index (χ0v) is 20.2. The van der Waals surface area contributed by atoms with Gasteiger partial charge in [0.05, 0.1) is 0 Å². The molecule has 0 aromatic heterocycles. The fourth-order valence-electron chi connectivity index (χ4n) is 4.47. The van der Waals surface area contributed by atoms with E-state index in [2.05, 4.69) is 20.8 Å². The number of carboxylic acid groups (broad SMARTS) is 2. The van der Waals surface area contributed by atoms with Crippen molar-refractivity contribution in [1.82, 2.24) is 0 Å². The van der Waals surface area contributed by atoms with Crippen LogP contribution in [0, 0.1) is 11.3 Å². The summed E-state index contributed by atoms with van der Waals surface area (Å²) in [5.74, 6) is -3.67. The van der Waals surface area contributed by atoms with Crippen LogP contribution in [-0.2, 0) is 9.59 Å². The van der Waals surface area contributed by atoms with Gasteiger partial charge >= 0.3 is 49.7 Å². The molecule has 0 bridgehead atoms. The van der Waals surface area contributed by atoms with Gasteiger partial charge in [-0.2, -0.15) is 0 Å². The van der Waals surface area contributed by atoms with Crippen molar-refractivity contribution in [2.45, 2.75) is 143 Å². The third-order valence-corrected chi connectivity index (χ3v) is 6.56. The van der Waals surface area contributed by atoms with E-state index < -0.39 is 17.9 Å². The van der Waals surface area contributed by atoms with Gasteiger partial charge in [0.2, 0.25) is 0 Å². The predicted molar refractivity (Wildman–Crippen MR) is 134 cm³/mol. The molecule has 0 heterocycles. The van der Waals surface area contributed by atoms with Crippen molar-refractivity contribution in [3.63, 3.8) is 0 Å². The molecule has 0 rings (SSSR count). The van der Waals surface area contributed by atoms with E-state index in [0.29, 0.717) is 0 Å². The van der Waals surface area contributed by atoms with E-state index in [1.54, 1.807) is 0 Å². The van der Waals surface area contributed by atoms with E-state index in [0.717, 1.165) is 25.7 Å². The summed E-state index contributed by atoms with van der Waals surface area (Å²) in [6.07, 6.45) is 22.1. The zero-order chi connectivity index (χ0) is 22.7. The first-order valence-electron chi connectivity index (χ1n) is 12.8. The number of hydrogen-bond acceptors (Lipinski definition) is 2. The van der Waals surface area contributed by atoms with Crippen molar-refractivity contribution >= 4 is 49.7 Å². The average molecular weight is 469 g/mol. The molecule has 182 valence electrons. The first-order chi connectivity index (χ1) is 14.4. The van der Waals surface area contributed by atoms with Crippen molar-refractivity contribution in [2.75, 3.05) is 0 Å². The number of hydrogen-bond donors (Lipinski definition) is 2. The quantitative estimate of drug-likeness (QED) is 0.0992. The van der Waals surface area contributed by atoms with E-state index in [-0.39, 0.29) is 49.6 Å². The number of carboxylic acids is 2. The maximum absolute atomic E-state index is 11.4. The second kappa shape index (κ2) is 22.0. The first kappa shape index (κ1) is 33.4. The molecule has 4 nitrogen and oxygen atoms in total. The summed E-state index contributed by atoms with van der Waals surface area (Å²) in [6, 6.07) is 0. The Bertz CT molecular complexity index is 405. The molecule has 0 saturated heterocycles.